The standard InChI is InChI=1S/C23H37N3S/c1-3-5-7-9-10-13-17-20(16-12-8-6-4-2)22-24-25-23(27)26(22)21-18-14-11-15-19-21/h11,14-15,18-20H,3-10,12-13,16-17H2,1-2H3,(H,25,27). The lowest BCUT2D eigenvalue weighted by Gasteiger charge is -2.18. The fourth-order valence-electron chi connectivity index (χ4n) is 3.80. The van der Waals surface area contributed by atoms with E-state index in [2.05, 4.69) is 52.9 Å². The van der Waals surface area contributed by atoms with E-state index < -0.39 is 0 Å². The lowest BCUT2D eigenvalue weighted by Crippen LogP contribution is -2.09. The first-order chi connectivity index (χ1) is 13.3. The first kappa shape index (κ1) is 21.9. The van der Waals surface area contributed by atoms with Crippen molar-refractivity contribution in [1.82, 2.24) is 14.8 Å². The molecule has 1 aromatic heterocycles. The van der Waals surface area contributed by atoms with Gasteiger partial charge >= 0.3 is 0 Å². The van der Waals surface area contributed by atoms with Crippen LogP contribution in [-0.4, -0.2) is 14.8 Å². The second-order valence-corrected chi connectivity index (χ2v) is 8.05. The molecule has 0 radical (unpaired) electrons. The molecule has 0 bridgehead atoms. The number of hydrogen-bond donors (Lipinski definition) is 1. The van der Waals surface area contributed by atoms with Crippen LogP contribution in [-0.2, 0) is 0 Å². The number of unbranched alkanes of at least 4 members (excludes halogenated alkanes) is 8. The van der Waals surface area contributed by atoms with E-state index in [0.29, 0.717) is 10.7 Å². The highest BCUT2D eigenvalue weighted by atomic mass is 32.1. The van der Waals surface area contributed by atoms with Gasteiger partial charge in [0, 0.05) is 11.6 Å². The second kappa shape index (κ2) is 12.9. The molecule has 2 aromatic rings. The molecule has 0 saturated heterocycles. The zero-order valence-corrected chi connectivity index (χ0v) is 18.1. The predicted molar refractivity (Wildman–Crippen MR) is 118 cm³/mol. The van der Waals surface area contributed by atoms with E-state index in [4.69, 9.17) is 12.2 Å². The van der Waals surface area contributed by atoms with Crippen molar-refractivity contribution in [3.05, 3.63) is 40.9 Å². The molecule has 3 nitrogen and oxygen atoms in total. The van der Waals surface area contributed by atoms with Gasteiger partial charge in [-0.05, 0) is 37.2 Å². The Labute approximate surface area is 170 Å². The van der Waals surface area contributed by atoms with Gasteiger partial charge in [0.25, 0.3) is 0 Å². The van der Waals surface area contributed by atoms with E-state index in [1.807, 2.05) is 6.07 Å². The Bertz CT molecular complexity index is 674. The first-order valence-electron chi connectivity index (χ1n) is 11.0. The number of para-hydroxylation sites is 1. The van der Waals surface area contributed by atoms with E-state index >= 15 is 0 Å². The predicted octanol–water partition coefficient (Wildman–Crippen LogP) is 7.73. The van der Waals surface area contributed by atoms with Gasteiger partial charge in [0.1, 0.15) is 5.82 Å². The molecule has 0 aliphatic rings. The Kier molecular flexibility index (Phi) is 10.4. The summed E-state index contributed by atoms with van der Waals surface area (Å²) in [6.07, 6.45) is 15.7. The van der Waals surface area contributed by atoms with Crippen LogP contribution in [0, 0.1) is 4.77 Å². The number of aromatic amines is 1. The monoisotopic (exact) mass is 387 g/mol. The number of nitrogens with one attached hydrogen (secondary N) is 1. The van der Waals surface area contributed by atoms with Crippen molar-refractivity contribution in [1.29, 1.82) is 0 Å². The summed E-state index contributed by atoms with van der Waals surface area (Å²) in [4.78, 5) is 0. The molecule has 27 heavy (non-hydrogen) atoms. The zero-order chi connectivity index (χ0) is 19.3. The molecule has 0 saturated carbocycles. The second-order valence-electron chi connectivity index (χ2n) is 7.66. The summed E-state index contributed by atoms with van der Waals surface area (Å²) >= 11 is 5.56. The van der Waals surface area contributed by atoms with E-state index in [1.54, 1.807) is 0 Å². The van der Waals surface area contributed by atoms with E-state index in [1.165, 1.54) is 77.0 Å². The third-order valence-electron chi connectivity index (χ3n) is 5.39. The lowest BCUT2D eigenvalue weighted by atomic mass is 9.93. The fraction of sp³-hybridized carbons (Fsp3) is 0.652. The molecule has 1 unspecified atom stereocenters. The van der Waals surface area contributed by atoms with Gasteiger partial charge in [-0.15, -0.1) is 0 Å². The molecule has 1 heterocycles. The van der Waals surface area contributed by atoms with Crippen LogP contribution >= 0.6 is 12.2 Å². The van der Waals surface area contributed by atoms with Crippen LogP contribution in [0.4, 0.5) is 0 Å². The van der Waals surface area contributed by atoms with E-state index in [9.17, 15) is 0 Å². The minimum atomic E-state index is 0.487. The maximum absolute atomic E-state index is 5.56. The van der Waals surface area contributed by atoms with Crippen molar-refractivity contribution < 1.29 is 0 Å². The van der Waals surface area contributed by atoms with Gasteiger partial charge in [-0.1, -0.05) is 96.3 Å². The van der Waals surface area contributed by atoms with Crippen molar-refractivity contribution >= 4 is 12.2 Å². The van der Waals surface area contributed by atoms with Gasteiger partial charge < -0.3 is 0 Å². The smallest absolute Gasteiger partial charge is 0.199 e. The topological polar surface area (TPSA) is 33.6 Å². The van der Waals surface area contributed by atoms with Crippen molar-refractivity contribution in [2.45, 2.75) is 96.8 Å². The number of hydrogen-bond acceptors (Lipinski definition) is 2. The highest BCUT2D eigenvalue weighted by molar-refractivity contribution is 7.71. The van der Waals surface area contributed by atoms with Gasteiger partial charge in [-0.3, -0.25) is 9.67 Å². The summed E-state index contributed by atoms with van der Waals surface area (Å²) in [6.45, 7) is 4.55. The Hall–Kier alpha value is -1.42. The highest BCUT2D eigenvalue weighted by Gasteiger charge is 2.19. The molecule has 1 atom stereocenters. The Morgan fingerprint density at radius 1 is 0.852 bits per heavy atom. The number of aromatic nitrogens is 3. The number of nitrogens with zero attached hydrogens (tertiary/aromatic N) is 2. The molecule has 0 aliphatic carbocycles. The average Bonchev–Trinajstić information content (AvgIpc) is 3.08. The molecule has 4 heteroatoms. The molecule has 1 N–H and O–H groups in total. The van der Waals surface area contributed by atoms with Gasteiger partial charge in [-0.25, -0.2) is 0 Å². The van der Waals surface area contributed by atoms with Crippen molar-refractivity contribution in [3.63, 3.8) is 0 Å². The first-order valence-corrected chi connectivity index (χ1v) is 11.4. The molecular formula is C23H37N3S. The Balaban J connectivity index is 2.07. The Morgan fingerprint density at radius 3 is 2.04 bits per heavy atom. The van der Waals surface area contributed by atoms with Crippen LogP contribution in [0.15, 0.2) is 30.3 Å². The van der Waals surface area contributed by atoms with E-state index in [-0.39, 0.29) is 0 Å². The minimum absolute atomic E-state index is 0.487. The molecule has 0 aliphatic heterocycles. The van der Waals surface area contributed by atoms with Gasteiger partial charge in [0.15, 0.2) is 4.77 Å². The van der Waals surface area contributed by atoms with Crippen LogP contribution in [0.25, 0.3) is 5.69 Å². The third kappa shape index (κ3) is 7.25. The SMILES string of the molecule is CCCCCCCCC(CCCCCC)c1n[nH]c(=S)n1-c1ccccc1. The number of benzene rings is 1. The van der Waals surface area contributed by atoms with Crippen molar-refractivity contribution in [2.75, 3.05) is 0 Å². The lowest BCUT2D eigenvalue weighted by molar-refractivity contribution is 0.470. The molecule has 150 valence electrons. The zero-order valence-electron chi connectivity index (χ0n) is 17.3. The minimum Gasteiger partial charge on any atom is -0.272 e. The average molecular weight is 388 g/mol. The summed E-state index contributed by atoms with van der Waals surface area (Å²) in [7, 11) is 0. The third-order valence-corrected chi connectivity index (χ3v) is 5.66. The highest BCUT2D eigenvalue weighted by Crippen LogP contribution is 2.29. The van der Waals surface area contributed by atoms with Gasteiger partial charge in [0.2, 0.25) is 0 Å². The molecule has 0 amide bonds. The van der Waals surface area contributed by atoms with Crippen molar-refractivity contribution in [2.24, 2.45) is 0 Å². The summed E-state index contributed by atoms with van der Waals surface area (Å²) < 4.78 is 2.86. The molecule has 0 spiro atoms. The number of H-pyrrole nitrogens is 1. The summed E-state index contributed by atoms with van der Waals surface area (Å²) in [6, 6.07) is 10.4. The van der Waals surface area contributed by atoms with Crippen LogP contribution in [0.3, 0.4) is 0 Å². The Morgan fingerprint density at radius 2 is 1.41 bits per heavy atom. The molecule has 2 rings (SSSR count). The quantitative estimate of drug-likeness (QED) is 0.266. The van der Waals surface area contributed by atoms with Crippen LogP contribution < -0.4 is 0 Å². The van der Waals surface area contributed by atoms with Crippen LogP contribution in [0.5, 0.6) is 0 Å². The molecule has 0 fully saturated rings. The number of rotatable bonds is 14. The van der Waals surface area contributed by atoms with Gasteiger partial charge in [-0.2, -0.15) is 5.10 Å². The maximum atomic E-state index is 5.56. The summed E-state index contributed by atoms with van der Waals surface area (Å²) in [5.41, 5.74) is 1.12. The normalized spacial score (nSPS) is 12.4. The van der Waals surface area contributed by atoms with E-state index in [0.717, 1.165) is 11.5 Å². The molecular weight excluding hydrogens is 350 g/mol. The molecule has 1 aromatic carbocycles. The largest absolute Gasteiger partial charge is 0.272 e. The van der Waals surface area contributed by atoms with Crippen LogP contribution in [0.1, 0.15) is 103 Å². The summed E-state index contributed by atoms with van der Waals surface area (Å²) in [5, 5.41) is 7.72. The maximum Gasteiger partial charge on any atom is 0.199 e. The summed E-state index contributed by atoms with van der Waals surface area (Å²) in [5.74, 6) is 1.61. The van der Waals surface area contributed by atoms with Crippen molar-refractivity contribution in [3.8, 4) is 5.69 Å². The van der Waals surface area contributed by atoms with Gasteiger partial charge in [0.05, 0.1) is 0 Å². The van der Waals surface area contributed by atoms with Crippen LogP contribution in [0.2, 0.25) is 0 Å². The fourth-order valence-corrected chi connectivity index (χ4v) is 4.05.